The minimum atomic E-state index is -0.397. The molecule has 2 aliphatic rings. The lowest BCUT2D eigenvalue weighted by atomic mass is 10.1. The highest BCUT2D eigenvalue weighted by Gasteiger charge is 2.35. The average molecular weight is 254 g/mol. The Kier molecular flexibility index (Phi) is 4.15. The molecule has 0 saturated carbocycles. The van der Waals surface area contributed by atoms with E-state index in [2.05, 4.69) is 4.90 Å². The molecular formula is C14H26N2O2. The second kappa shape index (κ2) is 5.47. The van der Waals surface area contributed by atoms with E-state index in [9.17, 15) is 4.79 Å². The second-order valence-electron chi connectivity index (χ2n) is 6.39. The van der Waals surface area contributed by atoms with Gasteiger partial charge in [-0.1, -0.05) is 6.42 Å². The molecule has 2 saturated heterocycles. The minimum absolute atomic E-state index is 0.143. The van der Waals surface area contributed by atoms with Crippen LogP contribution in [0.4, 0.5) is 4.79 Å². The molecule has 18 heavy (non-hydrogen) atoms. The molecular weight excluding hydrogens is 228 g/mol. The maximum absolute atomic E-state index is 12.2. The van der Waals surface area contributed by atoms with E-state index < -0.39 is 5.60 Å². The molecule has 0 aliphatic carbocycles. The molecule has 0 aromatic heterocycles. The number of piperidine rings is 1. The van der Waals surface area contributed by atoms with Gasteiger partial charge in [-0.25, -0.2) is 4.79 Å². The molecule has 0 radical (unpaired) electrons. The first-order valence-electron chi connectivity index (χ1n) is 7.21. The highest BCUT2D eigenvalue weighted by Crippen LogP contribution is 2.25. The quantitative estimate of drug-likeness (QED) is 0.721. The number of carbonyl (C=O) groups is 1. The Labute approximate surface area is 110 Å². The molecule has 2 rings (SSSR count). The Morgan fingerprint density at radius 2 is 1.72 bits per heavy atom. The summed E-state index contributed by atoms with van der Waals surface area (Å²) < 4.78 is 5.50. The normalized spacial score (nSPS) is 26.4. The van der Waals surface area contributed by atoms with Gasteiger partial charge in [0.25, 0.3) is 0 Å². The van der Waals surface area contributed by atoms with Crippen LogP contribution in [-0.4, -0.2) is 47.3 Å². The van der Waals surface area contributed by atoms with Gasteiger partial charge in [-0.15, -0.1) is 0 Å². The van der Waals surface area contributed by atoms with Crippen LogP contribution >= 0.6 is 0 Å². The summed E-state index contributed by atoms with van der Waals surface area (Å²) in [5.41, 5.74) is -0.397. The summed E-state index contributed by atoms with van der Waals surface area (Å²) in [7, 11) is 0. The van der Waals surface area contributed by atoms with Crippen molar-refractivity contribution in [3.05, 3.63) is 0 Å². The van der Waals surface area contributed by atoms with Gasteiger partial charge in [0.1, 0.15) is 5.60 Å². The maximum atomic E-state index is 12.2. The fourth-order valence-electron chi connectivity index (χ4n) is 2.88. The van der Waals surface area contributed by atoms with Crippen LogP contribution in [0.3, 0.4) is 0 Å². The molecule has 1 unspecified atom stereocenters. The number of ether oxygens (including phenoxy) is 1. The second-order valence-corrected chi connectivity index (χ2v) is 6.39. The average Bonchev–Trinajstić information content (AvgIpc) is 2.76. The van der Waals surface area contributed by atoms with Crippen molar-refractivity contribution in [1.29, 1.82) is 0 Å². The lowest BCUT2D eigenvalue weighted by molar-refractivity contribution is -0.00274. The smallest absolute Gasteiger partial charge is 0.411 e. The molecule has 0 aromatic carbocycles. The van der Waals surface area contributed by atoms with Crippen LogP contribution in [0, 0.1) is 0 Å². The van der Waals surface area contributed by atoms with Gasteiger partial charge in [0.15, 0.2) is 0 Å². The predicted octanol–water partition coefficient (Wildman–Crippen LogP) is 2.83. The summed E-state index contributed by atoms with van der Waals surface area (Å²) >= 11 is 0. The monoisotopic (exact) mass is 254 g/mol. The Morgan fingerprint density at radius 1 is 1.06 bits per heavy atom. The van der Waals surface area contributed by atoms with E-state index in [1.54, 1.807) is 0 Å². The molecule has 1 amide bonds. The number of rotatable bonds is 1. The molecule has 2 fully saturated rings. The van der Waals surface area contributed by atoms with Gasteiger partial charge in [-0.2, -0.15) is 0 Å². The Bertz CT molecular complexity index is 293. The predicted molar refractivity (Wildman–Crippen MR) is 71.4 cm³/mol. The van der Waals surface area contributed by atoms with E-state index >= 15 is 0 Å². The maximum Gasteiger partial charge on any atom is 0.411 e. The van der Waals surface area contributed by atoms with E-state index in [4.69, 9.17) is 4.74 Å². The van der Waals surface area contributed by atoms with E-state index in [-0.39, 0.29) is 12.3 Å². The Morgan fingerprint density at radius 3 is 2.33 bits per heavy atom. The fourth-order valence-corrected chi connectivity index (χ4v) is 2.88. The van der Waals surface area contributed by atoms with Crippen molar-refractivity contribution in [2.45, 2.75) is 64.6 Å². The topological polar surface area (TPSA) is 32.8 Å². The van der Waals surface area contributed by atoms with E-state index in [1.165, 1.54) is 19.3 Å². The molecule has 4 nitrogen and oxygen atoms in total. The molecule has 0 bridgehead atoms. The molecule has 1 atom stereocenters. The van der Waals surface area contributed by atoms with Gasteiger partial charge in [-0.05, 0) is 46.5 Å². The molecule has 2 aliphatic heterocycles. The van der Waals surface area contributed by atoms with Crippen LogP contribution in [0.25, 0.3) is 0 Å². The van der Waals surface area contributed by atoms with Crippen LogP contribution in [0.1, 0.15) is 52.9 Å². The van der Waals surface area contributed by atoms with E-state index in [0.717, 1.165) is 32.5 Å². The molecule has 0 aromatic rings. The van der Waals surface area contributed by atoms with Crippen LogP contribution in [0.5, 0.6) is 0 Å². The molecule has 2 heterocycles. The van der Waals surface area contributed by atoms with Crippen molar-refractivity contribution < 1.29 is 9.53 Å². The largest absolute Gasteiger partial charge is 0.444 e. The fraction of sp³-hybridized carbons (Fsp3) is 0.929. The molecule has 104 valence electrons. The SMILES string of the molecule is CC(C)(C)OC(=O)N1CCCC1N1CCCCC1. The first-order chi connectivity index (χ1) is 8.47. The first-order valence-corrected chi connectivity index (χ1v) is 7.21. The van der Waals surface area contributed by atoms with Crippen molar-refractivity contribution in [3.8, 4) is 0 Å². The summed E-state index contributed by atoms with van der Waals surface area (Å²) in [4.78, 5) is 16.6. The third-order valence-electron chi connectivity index (χ3n) is 3.66. The van der Waals surface area contributed by atoms with Crippen molar-refractivity contribution >= 4 is 6.09 Å². The van der Waals surface area contributed by atoms with E-state index in [1.807, 2.05) is 25.7 Å². The molecule has 0 spiro atoms. The number of hydrogen-bond acceptors (Lipinski definition) is 3. The standard InChI is InChI=1S/C14H26N2O2/c1-14(2,3)18-13(17)16-11-7-8-12(16)15-9-5-4-6-10-15/h12H,4-11H2,1-3H3. The Hall–Kier alpha value is -0.770. The Balaban J connectivity index is 1.96. The summed E-state index contributed by atoms with van der Waals surface area (Å²) in [6, 6.07) is 0. The van der Waals surface area contributed by atoms with Crippen LogP contribution < -0.4 is 0 Å². The van der Waals surface area contributed by atoms with Gasteiger partial charge in [0.05, 0.1) is 6.17 Å². The van der Waals surface area contributed by atoms with Crippen molar-refractivity contribution in [2.75, 3.05) is 19.6 Å². The highest BCUT2D eigenvalue weighted by atomic mass is 16.6. The van der Waals surface area contributed by atoms with Crippen molar-refractivity contribution in [3.63, 3.8) is 0 Å². The van der Waals surface area contributed by atoms with Crippen LogP contribution in [-0.2, 0) is 4.74 Å². The number of amides is 1. The minimum Gasteiger partial charge on any atom is -0.444 e. The third kappa shape index (κ3) is 3.37. The molecule has 4 heteroatoms. The zero-order chi connectivity index (χ0) is 13.2. The lowest BCUT2D eigenvalue weighted by Gasteiger charge is -2.37. The van der Waals surface area contributed by atoms with Crippen molar-refractivity contribution in [1.82, 2.24) is 9.80 Å². The number of nitrogens with zero attached hydrogens (tertiary/aromatic N) is 2. The van der Waals surface area contributed by atoms with Crippen LogP contribution in [0.2, 0.25) is 0 Å². The summed E-state index contributed by atoms with van der Waals surface area (Å²) in [5.74, 6) is 0. The highest BCUT2D eigenvalue weighted by molar-refractivity contribution is 5.68. The summed E-state index contributed by atoms with van der Waals surface area (Å²) in [6.07, 6.45) is 6.18. The van der Waals surface area contributed by atoms with E-state index in [0.29, 0.717) is 0 Å². The van der Waals surface area contributed by atoms with Gasteiger partial charge >= 0.3 is 6.09 Å². The van der Waals surface area contributed by atoms with Gasteiger partial charge in [0.2, 0.25) is 0 Å². The zero-order valence-corrected chi connectivity index (χ0v) is 11.9. The number of likely N-dealkylation sites (tertiary alicyclic amines) is 2. The van der Waals surface area contributed by atoms with Gasteiger partial charge in [-0.3, -0.25) is 9.80 Å². The summed E-state index contributed by atoms with van der Waals surface area (Å²) in [5, 5.41) is 0. The number of carbonyl (C=O) groups excluding carboxylic acids is 1. The first kappa shape index (κ1) is 13.7. The molecule has 0 N–H and O–H groups in total. The van der Waals surface area contributed by atoms with Crippen molar-refractivity contribution in [2.24, 2.45) is 0 Å². The van der Waals surface area contributed by atoms with Crippen LogP contribution in [0.15, 0.2) is 0 Å². The number of hydrogen-bond donors (Lipinski definition) is 0. The third-order valence-corrected chi connectivity index (χ3v) is 3.66. The summed E-state index contributed by atoms with van der Waals surface area (Å²) in [6.45, 7) is 8.88. The lowest BCUT2D eigenvalue weighted by Crippen LogP contribution is -2.50. The van der Waals surface area contributed by atoms with Gasteiger partial charge < -0.3 is 4.74 Å². The zero-order valence-electron chi connectivity index (χ0n) is 11.9. The van der Waals surface area contributed by atoms with Gasteiger partial charge in [0, 0.05) is 19.6 Å².